The second-order valence-corrected chi connectivity index (χ2v) is 11.7. The summed E-state index contributed by atoms with van der Waals surface area (Å²) in [6.07, 6.45) is 0. The van der Waals surface area contributed by atoms with Crippen molar-refractivity contribution in [1.82, 2.24) is 9.13 Å². The number of hydrogen-bond acceptors (Lipinski definition) is 0. The molecule has 0 saturated heterocycles. The molecular formula is C43H27N3. The number of benzene rings is 7. The van der Waals surface area contributed by atoms with Crippen molar-refractivity contribution < 1.29 is 0 Å². The van der Waals surface area contributed by atoms with E-state index in [1.807, 2.05) is 18.2 Å². The van der Waals surface area contributed by atoms with Gasteiger partial charge in [-0.05, 0) is 82.9 Å². The molecule has 7 aromatic carbocycles. The molecular weight excluding hydrogens is 558 g/mol. The standard InChI is InChI=1S/C43H27N3/c1-44-33-14-10-16-35(28-33)46-41-20-8-6-18-37(41)39-27-32(22-24-43(39)46)31-21-23-42-38(26-31)36-17-5-7-19-40(36)45(42)34-15-9-13-30(25-34)29-11-3-2-4-12-29/h2-28H. The molecule has 0 N–H and O–H groups in total. The summed E-state index contributed by atoms with van der Waals surface area (Å²) in [4.78, 5) is 3.68. The highest BCUT2D eigenvalue weighted by Crippen LogP contribution is 2.39. The predicted octanol–water partition coefficient (Wildman–Crippen LogP) is 11.8. The Hall–Kier alpha value is -6.37. The maximum atomic E-state index is 7.53. The SMILES string of the molecule is [C-]#[N+]c1cccc(-n2c3ccccc3c3cc(-c4ccc5c(c4)c4ccccc4n5-c4cccc(-c5ccccc5)c4)ccc32)c1. The third kappa shape index (κ3) is 4.05. The van der Waals surface area contributed by atoms with Crippen LogP contribution >= 0.6 is 0 Å². The van der Waals surface area contributed by atoms with E-state index in [2.05, 4.69) is 160 Å². The second kappa shape index (κ2) is 10.4. The van der Waals surface area contributed by atoms with Crippen LogP contribution in [0.4, 0.5) is 5.69 Å². The number of nitrogens with zero attached hydrogens (tertiary/aromatic N) is 3. The van der Waals surface area contributed by atoms with Crippen molar-refractivity contribution in [3.05, 3.63) is 175 Å². The third-order valence-electron chi connectivity index (χ3n) is 9.11. The van der Waals surface area contributed by atoms with Crippen LogP contribution in [0.1, 0.15) is 0 Å². The van der Waals surface area contributed by atoms with E-state index in [-0.39, 0.29) is 0 Å². The molecule has 9 aromatic rings. The van der Waals surface area contributed by atoms with Crippen LogP contribution in [-0.2, 0) is 0 Å². The second-order valence-electron chi connectivity index (χ2n) is 11.7. The zero-order chi connectivity index (χ0) is 30.6. The molecule has 0 aliphatic carbocycles. The molecule has 46 heavy (non-hydrogen) atoms. The topological polar surface area (TPSA) is 14.2 Å². The maximum Gasteiger partial charge on any atom is 0.189 e. The Morgan fingerprint density at radius 2 is 0.826 bits per heavy atom. The zero-order valence-corrected chi connectivity index (χ0v) is 24.9. The summed E-state index contributed by atoms with van der Waals surface area (Å²) in [6, 6.07) is 58.1. The van der Waals surface area contributed by atoms with Crippen molar-refractivity contribution >= 4 is 49.3 Å². The van der Waals surface area contributed by atoms with E-state index in [0.717, 1.165) is 22.4 Å². The average Bonchev–Trinajstić information content (AvgIpc) is 3.64. The average molecular weight is 586 g/mol. The van der Waals surface area contributed by atoms with Gasteiger partial charge in [0.2, 0.25) is 0 Å². The number of para-hydroxylation sites is 2. The van der Waals surface area contributed by atoms with Crippen molar-refractivity contribution in [1.29, 1.82) is 0 Å². The van der Waals surface area contributed by atoms with Gasteiger partial charge in [0.05, 0.1) is 28.6 Å². The van der Waals surface area contributed by atoms with Gasteiger partial charge in [-0.15, -0.1) is 0 Å². The number of aromatic nitrogens is 2. The van der Waals surface area contributed by atoms with Crippen LogP contribution in [0.5, 0.6) is 0 Å². The van der Waals surface area contributed by atoms with Gasteiger partial charge in [-0.3, -0.25) is 0 Å². The Bertz CT molecular complexity index is 2650. The Morgan fingerprint density at radius 1 is 0.348 bits per heavy atom. The Kier molecular flexibility index (Phi) is 5.88. The maximum absolute atomic E-state index is 7.53. The van der Waals surface area contributed by atoms with Crippen LogP contribution in [0.15, 0.2) is 164 Å². The molecule has 0 atom stereocenters. The fourth-order valence-corrected chi connectivity index (χ4v) is 7.02. The Morgan fingerprint density at radius 3 is 1.43 bits per heavy atom. The smallest absolute Gasteiger partial charge is 0.189 e. The van der Waals surface area contributed by atoms with Crippen molar-refractivity contribution in [2.45, 2.75) is 0 Å². The minimum Gasteiger partial charge on any atom is -0.311 e. The summed E-state index contributed by atoms with van der Waals surface area (Å²) in [6.45, 7) is 7.53. The quantitative estimate of drug-likeness (QED) is 0.182. The molecule has 0 aliphatic heterocycles. The van der Waals surface area contributed by atoms with E-state index in [4.69, 9.17) is 6.57 Å². The summed E-state index contributed by atoms with van der Waals surface area (Å²) in [5.74, 6) is 0. The molecule has 0 unspecified atom stereocenters. The van der Waals surface area contributed by atoms with Crippen LogP contribution in [-0.4, -0.2) is 9.13 Å². The van der Waals surface area contributed by atoms with E-state index in [0.29, 0.717) is 5.69 Å². The molecule has 3 nitrogen and oxygen atoms in total. The molecule has 9 rings (SSSR count). The van der Waals surface area contributed by atoms with Crippen molar-refractivity contribution in [3.63, 3.8) is 0 Å². The van der Waals surface area contributed by atoms with Gasteiger partial charge in [-0.1, -0.05) is 103 Å². The molecule has 0 fully saturated rings. The molecule has 2 heterocycles. The van der Waals surface area contributed by atoms with Gasteiger partial charge < -0.3 is 9.13 Å². The van der Waals surface area contributed by atoms with Crippen LogP contribution < -0.4 is 0 Å². The Labute approximate surface area is 266 Å². The highest BCUT2D eigenvalue weighted by atomic mass is 15.0. The van der Waals surface area contributed by atoms with Crippen molar-refractivity contribution in [2.24, 2.45) is 0 Å². The van der Waals surface area contributed by atoms with E-state index >= 15 is 0 Å². The van der Waals surface area contributed by atoms with Crippen LogP contribution in [0, 0.1) is 6.57 Å². The van der Waals surface area contributed by atoms with Crippen LogP contribution in [0.25, 0.3) is 82.1 Å². The van der Waals surface area contributed by atoms with Crippen molar-refractivity contribution in [3.8, 4) is 33.6 Å². The molecule has 0 amide bonds. The summed E-state index contributed by atoms with van der Waals surface area (Å²) in [5, 5.41) is 4.86. The van der Waals surface area contributed by atoms with Crippen molar-refractivity contribution in [2.75, 3.05) is 0 Å². The van der Waals surface area contributed by atoms with E-state index in [1.54, 1.807) is 0 Å². The largest absolute Gasteiger partial charge is 0.311 e. The summed E-state index contributed by atoms with van der Waals surface area (Å²) in [5.41, 5.74) is 12.2. The lowest BCUT2D eigenvalue weighted by Gasteiger charge is -2.11. The Balaban J connectivity index is 1.22. The fourth-order valence-electron chi connectivity index (χ4n) is 7.02. The molecule has 2 aromatic heterocycles. The first-order valence-corrected chi connectivity index (χ1v) is 15.5. The minimum absolute atomic E-state index is 0.638. The molecule has 3 heteroatoms. The van der Waals surface area contributed by atoms with Gasteiger partial charge in [0.1, 0.15) is 0 Å². The first-order chi connectivity index (χ1) is 22.8. The first kappa shape index (κ1) is 26.1. The molecule has 0 bridgehead atoms. The lowest BCUT2D eigenvalue weighted by molar-refractivity contribution is 1.18. The molecule has 0 radical (unpaired) electrons. The lowest BCUT2D eigenvalue weighted by atomic mass is 10.0. The van der Waals surface area contributed by atoms with Gasteiger partial charge in [-0.25, -0.2) is 4.85 Å². The number of rotatable bonds is 4. The van der Waals surface area contributed by atoms with Crippen LogP contribution in [0.2, 0.25) is 0 Å². The monoisotopic (exact) mass is 585 g/mol. The van der Waals surface area contributed by atoms with Gasteiger partial charge >= 0.3 is 0 Å². The van der Waals surface area contributed by atoms with Gasteiger partial charge in [0, 0.05) is 32.9 Å². The van der Waals surface area contributed by atoms with E-state index < -0.39 is 0 Å². The number of fused-ring (bicyclic) bond motifs is 6. The van der Waals surface area contributed by atoms with E-state index in [9.17, 15) is 0 Å². The highest BCUT2D eigenvalue weighted by molar-refractivity contribution is 6.12. The fraction of sp³-hybridized carbons (Fsp3) is 0. The van der Waals surface area contributed by atoms with Crippen LogP contribution in [0.3, 0.4) is 0 Å². The molecule has 214 valence electrons. The van der Waals surface area contributed by atoms with Gasteiger partial charge in [-0.2, -0.15) is 0 Å². The minimum atomic E-state index is 0.638. The van der Waals surface area contributed by atoms with Gasteiger partial charge in [0.25, 0.3) is 0 Å². The normalized spacial score (nSPS) is 11.5. The highest BCUT2D eigenvalue weighted by Gasteiger charge is 2.16. The number of hydrogen-bond donors (Lipinski definition) is 0. The summed E-state index contributed by atoms with van der Waals surface area (Å²) in [7, 11) is 0. The first-order valence-electron chi connectivity index (χ1n) is 15.5. The van der Waals surface area contributed by atoms with Gasteiger partial charge in [0.15, 0.2) is 5.69 Å². The molecule has 0 aliphatic rings. The predicted molar refractivity (Wildman–Crippen MR) is 192 cm³/mol. The third-order valence-corrected chi connectivity index (χ3v) is 9.11. The summed E-state index contributed by atoms with van der Waals surface area (Å²) < 4.78 is 4.65. The summed E-state index contributed by atoms with van der Waals surface area (Å²) >= 11 is 0. The zero-order valence-electron chi connectivity index (χ0n) is 24.9. The lowest BCUT2D eigenvalue weighted by Crippen LogP contribution is -1.94. The van der Waals surface area contributed by atoms with E-state index in [1.165, 1.54) is 54.8 Å². The molecule has 0 saturated carbocycles. The molecule has 0 spiro atoms.